The Balaban J connectivity index is 1.44. The Morgan fingerprint density at radius 1 is 0.457 bits per heavy atom. The van der Waals surface area contributed by atoms with Crippen LogP contribution >= 0.6 is 0 Å². The molecule has 0 heterocycles. The Morgan fingerprint density at radius 2 is 1.04 bits per heavy atom. The fraction of sp³-hybridized carbons (Fsp3) is 0.378. The molecule has 0 unspecified atom stereocenters. The van der Waals surface area contributed by atoms with Gasteiger partial charge in [-0.25, -0.2) is 0 Å². The molecule has 0 atom stereocenters. The molecule has 0 fully saturated rings. The van der Waals surface area contributed by atoms with Crippen molar-refractivity contribution in [2.24, 2.45) is 0 Å². The number of hydrogen-bond donors (Lipinski definition) is 0. The molecule has 6 rings (SSSR count). The summed E-state index contributed by atoms with van der Waals surface area (Å²) in [5.41, 5.74) is 9.78. The molecule has 0 spiro atoms. The van der Waals surface area contributed by atoms with Gasteiger partial charge in [-0.05, 0) is 70.8 Å². The first-order valence-electron chi connectivity index (χ1n) is 18.3. The van der Waals surface area contributed by atoms with E-state index in [1.54, 1.807) is 11.1 Å². The van der Waals surface area contributed by atoms with Gasteiger partial charge in [0.1, 0.15) is 0 Å². The van der Waals surface area contributed by atoms with Gasteiger partial charge in [0.05, 0.1) is 5.69 Å². The molecular weight excluding hydrogens is 555 g/mol. The largest absolute Gasteiger partial charge is 0.310 e. The van der Waals surface area contributed by atoms with Crippen molar-refractivity contribution < 1.29 is 0 Å². The van der Waals surface area contributed by atoms with Gasteiger partial charge in [0.25, 0.3) is 0 Å². The quantitative estimate of drug-likeness (QED) is 0.0951. The Morgan fingerprint density at radius 3 is 1.78 bits per heavy atom. The first-order valence-corrected chi connectivity index (χ1v) is 18.3. The van der Waals surface area contributed by atoms with Crippen LogP contribution in [0.1, 0.15) is 115 Å². The summed E-state index contributed by atoms with van der Waals surface area (Å²) in [5, 5.41) is 2.55. The maximum absolute atomic E-state index is 2.58. The van der Waals surface area contributed by atoms with E-state index < -0.39 is 0 Å². The van der Waals surface area contributed by atoms with Crippen molar-refractivity contribution in [3.63, 3.8) is 0 Å². The zero-order chi connectivity index (χ0) is 31.6. The van der Waals surface area contributed by atoms with Crippen LogP contribution in [0.2, 0.25) is 0 Å². The van der Waals surface area contributed by atoms with E-state index in [1.807, 2.05) is 0 Å². The first-order chi connectivity index (χ1) is 22.8. The number of anilines is 3. The van der Waals surface area contributed by atoms with E-state index in [0.29, 0.717) is 0 Å². The van der Waals surface area contributed by atoms with Gasteiger partial charge < -0.3 is 4.90 Å². The van der Waals surface area contributed by atoms with Crippen LogP contribution in [-0.2, 0) is 5.41 Å². The molecule has 0 aromatic heterocycles. The van der Waals surface area contributed by atoms with Crippen molar-refractivity contribution >= 4 is 27.8 Å². The van der Waals surface area contributed by atoms with E-state index in [1.165, 1.54) is 129 Å². The van der Waals surface area contributed by atoms with Crippen LogP contribution in [0.3, 0.4) is 0 Å². The minimum Gasteiger partial charge on any atom is -0.310 e. The molecule has 0 bridgehead atoms. The van der Waals surface area contributed by atoms with Crippen molar-refractivity contribution in [2.75, 3.05) is 4.90 Å². The summed E-state index contributed by atoms with van der Waals surface area (Å²) in [7, 11) is 0. The average Bonchev–Trinajstić information content (AvgIpc) is 3.37. The minimum absolute atomic E-state index is 0.0680. The molecule has 0 N–H and O–H groups in total. The van der Waals surface area contributed by atoms with Crippen LogP contribution in [0, 0.1) is 0 Å². The van der Waals surface area contributed by atoms with Gasteiger partial charge in [0.15, 0.2) is 0 Å². The Hall–Kier alpha value is -3.84. The lowest BCUT2D eigenvalue weighted by Gasteiger charge is -2.34. The fourth-order valence-corrected chi connectivity index (χ4v) is 8.07. The normalized spacial score (nSPS) is 13.1. The van der Waals surface area contributed by atoms with Gasteiger partial charge in [0, 0.05) is 22.2 Å². The second-order valence-electron chi connectivity index (χ2n) is 13.6. The first kappa shape index (κ1) is 32.1. The van der Waals surface area contributed by atoms with Crippen LogP contribution < -0.4 is 4.90 Å². The molecule has 1 heteroatoms. The zero-order valence-electron chi connectivity index (χ0n) is 28.3. The van der Waals surface area contributed by atoms with E-state index in [9.17, 15) is 0 Å². The predicted molar refractivity (Wildman–Crippen MR) is 201 cm³/mol. The Kier molecular flexibility index (Phi) is 10.9. The van der Waals surface area contributed by atoms with Crippen LogP contribution in [0.25, 0.3) is 21.9 Å². The second-order valence-corrected chi connectivity index (χ2v) is 13.6. The molecule has 238 valence electrons. The van der Waals surface area contributed by atoms with E-state index >= 15 is 0 Å². The summed E-state index contributed by atoms with van der Waals surface area (Å²) in [6, 6.07) is 43.3. The third-order valence-electron chi connectivity index (χ3n) is 10.4. The van der Waals surface area contributed by atoms with Gasteiger partial charge in [-0.2, -0.15) is 0 Å². The van der Waals surface area contributed by atoms with Gasteiger partial charge in [0.2, 0.25) is 0 Å². The summed E-state index contributed by atoms with van der Waals surface area (Å²) in [6.07, 6.45) is 18.5. The molecule has 5 aromatic rings. The lowest BCUT2D eigenvalue weighted by atomic mass is 9.70. The smallest absolute Gasteiger partial charge is 0.0540 e. The van der Waals surface area contributed by atoms with Crippen LogP contribution in [0.5, 0.6) is 0 Å². The van der Waals surface area contributed by atoms with Crippen LogP contribution in [-0.4, -0.2) is 0 Å². The van der Waals surface area contributed by atoms with Crippen molar-refractivity contribution in [1.29, 1.82) is 0 Å². The number of rotatable bonds is 17. The third-order valence-corrected chi connectivity index (χ3v) is 10.4. The molecule has 0 aliphatic heterocycles. The second kappa shape index (κ2) is 15.6. The number of unbranched alkanes of at least 4 members (excludes halogenated alkanes) is 10. The highest BCUT2D eigenvalue weighted by molar-refractivity contribution is 5.99. The van der Waals surface area contributed by atoms with Crippen molar-refractivity contribution in [1.82, 2.24) is 0 Å². The summed E-state index contributed by atoms with van der Waals surface area (Å²) in [6.45, 7) is 4.63. The topological polar surface area (TPSA) is 3.24 Å². The van der Waals surface area contributed by atoms with Crippen molar-refractivity contribution in [2.45, 2.75) is 109 Å². The van der Waals surface area contributed by atoms with Crippen molar-refractivity contribution in [3.8, 4) is 11.1 Å². The number of hydrogen-bond acceptors (Lipinski definition) is 1. The molecule has 0 radical (unpaired) electrons. The minimum atomic E-state index is 0.0680. The molecule has 0 saturated carbocycles. The highest BCUT2D eigenvalue weighted by Gasteiger charge is 2.42. The monoisotopic (exact) mass is 607 g/mol. The predicted octanol–water partition coefficient (Wildman–Crippen LogP) is 14.1. The molecule has 0 saturated heterocycles. The molecule has 0 amide bonds. The van der Waals surface area contributed by atoms with E-state index in [0.717, 1.165) is 0 Å². The van der Waals surface area contributed by atoms with Crippen LogP contribution in [0.4, 0.5) is 17.1 Å². The zero-order valence-corrected chi connectivity index (χ0v) is 28.3. The summed E-state index contributed by atoms with van der Waals surface area (Å²) in [5.74, 6) is 0. The summed E-state index contributed by atoms with van der Waals surface area (Å²) in [4.78, 5) is 2.49. The fourth-order valence-electron chi connectivity index (χ4n) is 8.07. The van der Waals surface area contributed by atoms with E-state index in [-0.39, 0.29) is 5.41 Å². The highest BCUT2D eigenvalue weighted by Crippen LogP contribution is 2.55. The van der Waals surface area contributed by atoms with E-state index in [2.05, 4.69) is 134 Å². The Bertz CT molecular complexity index is 1660. The molecule has 1 aliphatic carbocycles. The maximum Gasteiger partial charge on any atom is 0.0540 e. The standard InChI is InChI=1S/C45H53N/c1-3-5-7-9-11-20-33-45(34-21-12-10-8-6-4-2)42-29-19-18-28-40(42)41-32-31-38(35-43(41)45)46(37-25-14-13-15-26-37)44-30-22-24-36-23-16-17-27-39(36)44/h13-19,22-32,35H,3-12,20-21,33-34H2,1-2H3. The third kappa shape index (κ3) is 6.80. The summed E-state index contributed by atoms with van der Waals surface area (Å²) < 4.78 is 0. The lowest BCUT2D eigenvalue weighted by Crippen LogP contribution is -2.26. The van der Waals surface area contributed by atoms with Gasteiger partial charge in [-0.3, -0.25) is 0 Å². The van der Waals surface area contributed by atoms with Crippen LogP contribution in [0.15, 0.2) is 115 Å². The summed E-state index contributed by atoms with van der Waals surface area (Å²) >= 11 is 0. The highest BCUT2D eigenvalue weighted by atomic mass is 15.1. The number of nitrogens with zero attached hydrogens (tertiary/aromatic N) is 1. The molecule has 1 nitrogen and oxygen atoms in total. The van der Waals surface area contributed by atoms with Gasteiger partial charge in [-0.1, -0.05) is 176 Å². The number of para-hydroxylation sites is 1. The Labute approximate surface area is 278 Å². The average molecular weight is 608 g/mol. The maximum atomic E-state index is 2.58. The van der Waals surface area contributed by atoms with Gasteiger partial charge >= 0.3 is 0 Å². The van der Waals surface area contributed by atoms with Crippen molar-refractivity contribution in [3.05, 3.63) is 126 Å². The SMILES string of the molecule is CCCCCCCCC1(CCCCCCCC)c2ccccc2-c2ccc(N(c3ccccc3)c3cccc4ccccc34)cc21. The van der Waals surface area contributed by atoms with Gasteiger partial charge in [-0.15, -0.1) is 0 Å². The number of fused-ring (bicyclic) bond motifs is 4. The molecule has 46 heavy (non-hydrogen) atoms. The lowest BCUT2D eigenvalue weighted by molar-refractivity contribution is 0.398. The molecule has 1 aliphatic rings. The number of benzene rings is 5. The molecular formula is C45H53N. The van der Waals surface area contributed by atoms with E-state index in [4.69, 9.17) is 0 Å². The molecule has 5 aromatic carbocycles.